The fourth-order valence-corrected chi connectivity index (χ4v) is 9.28. The molecule has 3 nitrogen and oxygen atoms in total. The molecule has 0 amide bonds. The fourth-order valence-electron chi connectivity index (χ4n) is 9.28. The molecule has 2 saturated carbocycles. The first-order valence-electron chi connectivity index (χ1n) is 13.6. The summed E-state index contributed by atoms with van der Waals surface area (Å²) in [5.74, 6) is 1.45. The van der Waals surface area contributed by atoms with E-state index >= 15 is 0 Å². The van der Waals surface area contributed by atoms with Gasteiger partial charge in [0.1, 0.15) is 0 Å². The van der Waals surface area contributed by atoms with Crippen molar-refractivity contribution in [1.29, 1.82) is 0 Å². The maximum absolute atomic E-state index is 12.1. The predicted octanol–water partition coefficient (Wildman–Crippen LogP) is 6.42. The van der Waals surface area contributed by atoms with E-state index in [0.29, 0.717) is 11.8 Å². The van der Waals surface area contributed by atoms with Gasteiger partial charge >= 0.3 is 0 Å². The van der Waals surface area contributed by atoms with Crippen LogP contribution in [0.25, 0.3) is 0 Å². The number of aliphatic hydroxyl groups is 3. The first-order valence-corrected chi connectivity index (χ1v) is 13.6. The van der Waals surface area contributed by atoms with Gasteiger partial charge in [-0.2, -0.15) is 0 Å². The third-order valence-electron chi connectivity index (χ3n) is 11.2. The molecule has 0 bridgehead atoms. The highest BCUT2D eigenvalue weighted by molar-refractivity contribution is 5.40. The first kappa shape index (κ1) is 25.5. The van der Waals surface area contributed by atoms with Gasteiger partial charge in [0.2, 0.25) is 0 Å². The van der Waals surface area contributed by atoms with Crippen LogP contribution in [0.2, 0.25) is 0 Å². The lowest BCUT2D eigenvalue weighted by Crippen LogP contribution is -2.54. The molecular weight excluding hydrogens is 408 g/mol. The van der Waals surface area contributed by atoms with Crippen LogP contribution in [0.15, 0.2) is 23.3 Å². The number of hydrogen-bond acceptors (Lipinski definition) is 3. The molecule has 0 aromatic carbocycles. The Labute approximate surface area is 202 Å². The van der Waals surface area contributed by atoms with Crippen LogP contribution >= 0.6 is 0 Å². The van der Waals surface area contributed by atoms with Crippen molar-refractivity contribution in [3.8, 4) is 0 Å². The number of fused-ring (bicyclic) bond motifs is 4. The minimum Gasteiger partial charge on any atom is -0.393 e. The average molecular weight is 459 g/mol. The summed E-state index contributed by atoms with van der Waals surface area (Å²) in [5.41, 5.74) is 2.06. The molecule has 0 radical (unpaired) electrons. The summed E-state index contributed by atoms with van der Waals surface area (Å²) >= 11 is 0. The minimum atomic E-state index is -0.783. The van der Waals surface area contributed by atoms with E-state index in [-0.39, 0.29) is 34.2 Å². The molecule has 8 atom stereocenters. The lowest BCUT2D eigenvalue weighted by molar-refractivity contribution is -0.132. The summed E-state index contributed by atoms with van der Waals surface area (Å²) in [7, 11) is 0. The van der Waals surface area contributed by atoms with E-state index < -0.39 is 11.2 Å². The summed E-state index contributed by atoms with van der Waals surface area (Å²) in [4.78, 5) is 0. The smallest absolute Gasteiger partial charge is 0.0771 e. The third-order valence-corrected chi connectivity index (χ3v) is 11.2. The van der Waals surface area contributed by atoms with E-state index in [2.05, 4.69) is 47.6 Å². The molecule has 4 rings (SSSR count). The zero-order valence-corrected chi connectivity index (χ0v) is 22.5. The van der Waals surface area contributed by atoms with Crippen LogP contribution in [0.3, 0.4) is 0 Å². The zero-order valence-electron chi connectivity index (χ0n) is 22.5. The highest BCUT2D eigenvalue weighted by atomic mass is 16.3. The Morgan fingerprint density at radius 3 is 2.21 bits per heavy atom. The number of aliphatic hydroxyl groups excluding tert-OH is 1. The van der Waals surface area contributed by atoms with Gasteiger partial charge in [0, 0.05) is 5.92 Å². The van der Waals surface area contributed by atoms with Crippen LogP contribution in [-0.4, -0.2) is 32.6 Å². The normalized spacial score (nSPS) is 46.2. The third kappa shape index (κ3) is 3.89. The molecule has 33 heavy (non-hydrogen) atoms. The van der Waals surface area contributed by atoms with Crippen LogP contribution in [0.4, 0.5) is 0 Å². The van der Waals surface area contributed by atoms with Crippen molar-refractivity contribution in [3.05, 3.63) is 23.3 Å². The second-order valence-corrected chi connectivity index (χ2v) is 14.2. The van der Waals surface area contributed by atoms with Crippen LogP contribution in [-0.2, 0) is 0 Å². The molecule has 4 aliphatic carbocycles. The topological polar surface area (TPSA) is 60.7 Å². The number of hydrogen-bond donors (Lipinski definition) is 3. The Morgan fingerprint density at radius 1 is 0.970 bits per heavy atom. The molecule has 0 aliphatic heterocycles. The second-order valence-electron chi connectivity index (χ2n) is 14.2. The van der Waals surface area contributed by atoms with E-state index in [1.165, 1.54) is 12.8 Å². The largest absolute Gasteiger partial charge is 0.393 e. The molecule has 0 unspecified atom stereocenters. The summed E-state index contributed by atoms with van der Waals surface area (Å²) in [6.45, 7) is 17.5. The van der Waals surface area contributed by atoms with Gasteiger partial charge in [0.05, 0.1) is 17.3 Å². The number of allylic oxidation sites excluding steroid dienone is 3. The summed E-state index contributed by atoms with van der Waals surface area (Å²) < 4.78 is 0. The highest BCUT2D eigenvalue weighted by Gasteiger charge is 2.63. The SMILES string of the molecule is C[C@H](C/C=C/C(C)(C)O)[C@H]1CC[C@@]2(C)C3=C(C[C@H]2[C@]1(C)O)[C@@]1(C)CC[C@H](O)C(C)(C)[C@@H]1CC3. The molecule has 3 N–H and O–H groups in total. The fraction of sp³-hybridized carbons (Fsp3) is 0.867. The van der Waals surface area contributed by atoms with Gasteiger partial charge in [-0.05, 0) is 106 Å². The Morgan fingerprint density at radius 2 is 1.58 bits per heavy atom. The van der Waals surface area contributed by atoms with E-state index in [1.807, 2.05) is 19.9 Å². The Hall–Kier alpha value is -0.640. The van der Waals surface area contributed by atoms with Gasteiger partial charge < -0.3 is 15.3 Å². The van der Waals surface area contributed by atoms with Crippen molar-refractivity contribution in [2.24, 2.45) is 39.9 Å². The molecule has 188 valence electrons. The number of rotatable bonds is 4. The minimum absolute atomic E-state index is 0.0490. The summed E-state index contributed by atoms with van der Waals surface area (Å²) in [6, 6.07) is 0. The van der Waals surface area contributed by atoms with Crippen LogP contribution < -0.4 is 0 Å². The molecular formula is C30H50O3. The monoisotopic (exact) mass is 458 g/mol. The van der Waals surface area contributed by atoms with Gasteiger partial charge in [0.15, 0.2) is 0 Å². The van der Waals surface area contributed by atoms with Gasteiger partial charge in [-0.25, -0.2) is 0 Å². The lowest BCUT2D eigenvalue weighted by atomic mass is 9.49. The van der Waals surface area contributed by atoms with Gasteiger partial charge in [-0.3, -0.25) is 0 Å². The van der Waals surface area contributed by atoms with Crippen molar-refractivity contribution in [1.82, 2.24) is 0 Å². The average Bonchev–Trinajstić information content (AvgIpc) is 2.99. The van der Waals surface area contributed by atoms with Crippen molar-refractivity contribution in [2.75, 3.05) is 0 Å². The van der Waals surface area contributed by atoms with E-state index in [9.17, 15) is 15.3 Å². The molecule has 0 saturated heterocycles. The molecule has 0 aromatic rings. The Balaban J connectivity index is 1.61. The van der Waals surface area contributed by atoms with Crippen molar-refractivity contribution in [2.45, 2.75) is 124 Å². The zero-order chi connectivity index (χ0) is 24.6. The van der Waals surface area contributed by atoms with Gasteiger partial charge in [-0.15, -0.1) is 0 Å². The van der Waals surface area contributed by atoms with Crippen molar-refractivity contribution >= 4 is 0 Å². The van der Waals surface area contributed by atoms with Crippen LogP contribution in [0.5, 0.6) is 0 Å². The van der Waals surface area contributed by atoms with Crippen LogP contribution in [0.1, 0.15) is 107 Å². The van der Waals surface area contributed by atoms with Crippen LogP contribution in [0, 0.1) is 39.9 Å². The highest BCUT2D eigenvalue weighted by Crippen LogP contribution is 2.70. The quantitative estimate of drug-likeness (QED) is 0.426. The summed E-state index contributed by atoms with van der Waals surface area (Å²) in [6.07, 6.45) is 12.2. The molecule has 0 aromatic heterocycles. The Kier molecular flexibility index (Phi) is 6.12. The molecule has 4 aliphatic rings. The first-order chi connectivity index (χ1) is 15.0. The molecule has 0 spiro atoms. The van der Waals surface area contributed by atoms with E-state index in [0.717, 1.165) is 38.5 Å². The Bertz CT molecular complexity index is 828. The van der Waals surface area contributed by atoms with E-state index in [4.69, 9.17) is 0 Å². The van der Waals surface area contributed by atoms with E-state index in [1.54, 1.807) is 11.1 Å². The standard InChI is InChI=1S/C30H50O3/c1-19(10-9-15-26(2,3)32)20-13-16-28(6)21-11-12-23-27(4,5)25(31)14-17-29(23,7)22(21)18-24(28)30(20,8)33/h9,15,19-20,23-25,31-33H,10-14,16-18H2,1-8H3/b15-9+/t19-,20-,23+,24-,25+,28+,29-,30-/m1/s1. The van der Waals surface area contributed by atoms with Crippen molar-refractivity contribution < 1.29 is 15.3 Å². The lowest BCUT2D eigenvalue weighted by Gasteiger charge is -2.57. The summed E-state index contributed by atoms with van der Waals surface area (Å²) in [5, 5.41) is 33.0. The molecule has 0 heterocycles. The predicted molar refractivity (Wildman–Crippen MR) is 136 cm³/mol. The van der Waals surface area contributed by atoms with Gasteiger partial charge in [0.25, 0.3) is 0 Å². The van der Waals surface area contributed by atoms with Crippen molar-refractivity contribution in [3.63, 3.8) is 0 Å². The maximum Gasteiger partial charge on any atom is 0.0771 e. The second kappa shape index (κ2) is 7.93. The molecule has 2 fully saturated rings. The molecule has 3 heteroatoms. The maximum atomic E-state index is 12.1. The van der Waals surface area contributed by atoms with Gasteiger partial charge in [-0.1, -0.05) is 57.9 Å².